The second kappa shape index (κ2) is 5.94. The molecule has 0 amide bonds. The number of sulfonamides is 1. The van der Waals surface area contributed by atoms with Crippen molar-refractivity contribution in [2.45, 2.75) is 44.6 Å². The van der Waals surface area contributed by atoms with Gasteiger partial charge < -0.3 is 10.5 Å². The number of benzene rings is 1. The van der Waals surface area contributed by atoms with Crippen LogP contribution in [0.3, 0.4) is 0 Å². The monoisotopic (exact) mass is 312 g/mol. The van der Waals surface area contributed by atoms with Gasteiger partial charge in [-0.15, -0.1) is 0 Å². The van der Waals surface area contributed by atoms with Gasteiger partial charge in [-0.1, -0.05) is 0 Å². The van der Waals surface area contributed by atoms with Crippen molar-refractivity contribution in [2.75, 3.05) is 26.0 Å². The zero-order chi connectivity index (χ0) is 15.8. The van der Waals surface area contributed by atoms with Gasteiger partial charge in [-0.3, -0.25) is 0 Å². The summed E-state index contributed by atoms with van der Waals surface area (Å²) in [6, 6.07) is 1.94. The molecule has 0 radical (unpaired) electrons. The van der Waals surface area contributed by atoms with Gasteiger partial charge in [0.2, 0.25) is 10.0 Å². The summed E-state index contributed by atoms with van der Waals surface area (Å²) in [6.45, 7) is 6.29. The SMILES string of the molecule is COCCN(C1CC1)S(=O)(=O)c1c(C)c(C)cc(N)c1C. The van der Waals surface area contributed by atoms with Crippen LogP contribution in [0.4, 0.5) is 5.69 Å². The fraction of sp³-hybridized carbons (Fsp3) is 0.600. The Kier molecular flexibility index (Phi) is 4.60. The molecule has 21 heavy (non-hydrogen) atoms. The lowest BCUT2D eigenvalue weighted by molar-refractivity contribution is 0.177. The summed E-state index contributed by atoms with van der Waals surface area (Å²) < 4.78 is 32.8. The molecule has 1 aromatic carbocycles. The van der Waals surface area contributed by atoms with Crippen molar-refractivity contribution in [2.24, 2.45) is 0 Å². The van der Waals surface area contributed by atoms with Gasteiger partial charge in [-0.2, -0.15) is 4.31 Å². The molecule has 5 nitrogen and oxygen atoms in total. The van der Waals surface area contributed by atoms with Gasteiger partial charge in [0.1, 0.15) is 0 Å². The van der Waals surface area contributed by atoms with E-state index in [4.69, 9.17) is 10.5 Å². The molecule has 0 aromatic heterocycles. The van der Waals surface area contributed by atoms with Gasteiger partial charge in [0.25, 0.3) is 0 Å². The molecule has 0 saturated heterocycles. The Morgan fingerprint density at radius 3 is 2.43 bits per heavy atom. The van der Waals surface area contributed by atoms with E-state index < -0.39 is 10.0 Å². The first-order valence-corrected chi connectivity index (χ1v) is 8.61. The molecule has 0 heterocycles. The van der Waals surface area contributed by atoms with Gasteiger partial charge in [-0.25, -0.2) is 8.42 Å². The summed E-state index contributed by atoms with van der Waals surface area (Å²) in [5.74, 6) is 0. The van der Waals surface area contributed by atoms with Crippen LogP contribution in [-0.2, 0) is 14.8 Å². The molecule has 0 bridgehead atoms. The molecule has 1 aromatic rings. The van der Waals surface area contributed by atoms with Gasteiger partial charge >= 0.3 is 0 Å². The first-order valence-electron chi connectivity index (χ1n) is 7.17. The molecule has 0 atom stereocenters. The number of ether oxygens (including phenoxy) is 1. The van der Waals surface area contributed by atoms with Crippen molar-refractivity contribution in [3.8, 4) is 0 Å². The van der Waals surface area contributed by atoms with Crippen molar-refractivity contribution < 1.29 is 13.2 Å². The molecule has 2 rings (SSSR count). The second-order valence-electron chi connectivity index (χ2n) is 5.70. The fourth-order valence-corrected chi connectivity index (χ4v) is 4.79. The Balaban J connectivity index is 2.52. The predicted molar refractivity (Wildman–Crippen MR) is 83.9 cm³/mol. The van der Waals surface area contributed by atoms with Gasteiger partial charge in [0, 0.05) is 25.4 Å². The minimum Gasteiger partial charge on any atom is -0.398 e. The zero-order valence-electron chi connectivity index (χ0n) is 13.1. The molecule has 6 heteroatoms. The highest BCUT2D eigenvalue weighted by atomic mass is 32.2. The second-order valence-corrected chi connectivity index (χ2v) is 7.53. The minimum absolute atomic E-state index is 0.102. The Morgan fingerprint density at radius 2 is 1.90 bits per heavy atom. The molecule has 118 valence electrons. The Bertz CT molecular complexity index is 611. The number of aryl methyl sites for hydroxylation is 1. The Labute approximate surface area is 127 Å². The van der Waals surface area contributed by atoms with E-state index in [1.807, 2.05) is 19.9 Å². The normalized spacial score (nSPS) is 15.7. The van der Waals surface area contributed by atoms with Gasteiger partial charge in [0.15, 0.2) is 0 Å². The molecule has 1 fully saturated rings. The van der Waals surface area contributed by atoms with Gasteiger partial charge in [0.05, 0.1) is 11.5 Å². The molecule has 2 N–H and O–H groups in total. The number of nitrogens with two attached hydrogens (primary N) is 1. The smallest absolute Gasteiger partial charge is 0.244 e. The third-order valence-corrected chi connectivity index (χ3v) is 6.34. The maximum atomic E-state index is 13.1. The lowest BCUT2D eigenvalue weighted by Crippen LogP contribution is -2.36. The first kappa shape index (κ1) is 16.3. The van der Waals surface area contributed by atoms with E-state index >= 15 is 0 Å². The van der Waals surface area contributed by atoms with Crippen LogP contribution >= 0.6 is 0 Å². The summed E-state index contributed by atoms with van der Waals surface area (Å²) in [4.78, 5) is 0.364. The quantitative estimate of drug-likeness (QED) is 0.815. The Hall–Kier alpha value is -1.11. The largest absolute Gasteiger partial charge is 0.398 e. The molecule has 0 unspecified atom stereocenters. The van der Waals surface area contributed by atoms with Crippen molar-refractivity contribution in [1.82, 2.24) is 4.31 Å². The third kappa shape index (κ3) is 3.07. The van der Waals surface area contributed by atoms with Crippen LogP contribution in [0.25, 0.3) is 0 Å². The van der Waals surface area contributed by atoms with Crippen LogP contribution in [0.15, 0.2) is 11.0 Å². The number of methoxy groups -OCH3 is 1. The lowest BCUT2D eigenvalue weighted by Gasteiger charge is -2.25. The molecule has 1 aliphatic rings. The van der Waals surface area contributed by atoms with E-state index in [1.54, 1.807) is 18.3 Å². The van der Waals surface area contributed by atoms with Crippen molar-refractivity contribution in [3.63, 3.8) is 0 Å². The highest BCUT2D eigenvalue weighted by molar-refractivity contribution is 7.89. The van der Waals surface area contributed by atoms with E-state index in [9.17, 15) is 8.42 Å². The van der Waals surface area contributed by atoms with E-state index in [0.717, 1.165) is 24.0 Å². The number of hydrogen-bond donors (Lipinski definition) is 1. The summed E-state index contributed by atoms with van der Waals surface area (Å²) in [5, 5.41) is 0. The van der Waals surface area contributed by atoms with Crippen LogP contribution < -0.4 is 5.73 Å². The van der Waals surface area contributed by atoms with Gasteiger partial charge in [-0.05, 0) is 56.4 Å². The number of hydrogen-bond acceptors (Lipinski definition) is 4. The van der Waals surface area contributed by atoms with Crippen LogP contribution in [0.2, 0.25) is 0 Å². The summed E-state index contributed by atoms with van der Waals surface area (Å²) in [6.07, 6.45) is 1.84. The number of anilines is 1. The number of nitrogen functional groups attached to an aromatic ring is 1. The highest BCUT2D eigenvalue weighted by Gasteiger charge is 2.39. The molecular formula is C15H24N2O3S. The van der Waals surface area contributed by atoms with Crippen molar-refractivity contribution in [1.29, 1.82) is 0 Å². The van der Waals surface area contributed by atoms with E-state index in [1.165, 1.54) is 0 Å². The van der Waals surface area contributed by atoms with Crippen molar-refractivity contribution in [3.05, 3.63) is 22.8 Å². The maximum absolute atomic E-state index is 13.1. The van der Waals surface area contributed by atoms with E-state index in [-0.39, 0.29) is 6.04 Å². The van der Waals surface area contributed by atoms with Crippen LogP contribution in [0.5, 0.6) is 0 Å². The average Bonchev–Trinajstić information content (AvgIpc) is 3.21. The summed E-state index contributed by atoms with van der Waals surface area (Å²) in [5.41, 5.74) is 8.82. The molecular weight excluding hydrogens is 288 g/mol. The van der Waals surface area contributed by atoms with Crippen LogP contribution in [-0.4, -0.2) is 39.0 Å². The van der Waals surface area contributed by atoms with Crippen LogP contribution in [0.1, 0.15) is 29.5 Å². The summed E-state index contributed by atoms with van der Waals surface area (Å²) in [7, 11) is -1.96. The molecule has 0 aliphatic heterocycles. The summed E-state index contributed by atoms with van der Waals surface area (Å²) >= 11 is 0. The molecule has 1 aliphatic carbocycles. The number of nitrogens with zero attached hydrogens (tertiary/aromatic N) is 1. The maximum Gasteiger partial charge on any atom is 0.244 e. The van der Waals surface area contributed by atoms with Crippen molar-refractivity contribution >= 4 is 15.7 Å². The highest BCUT2D eigenvalue weighted by Crippen LogP contribution is 2.36. The topological polar surface area (TPSA) is 72.6 Å². The van der Waals surface area contributed by atoms with E-state index in [2.05, 4.69) is 0 Å². The first-order chi connectivity index (χ1) is 9.80. The average molecular weight is 312 g/mol. The number of rotatable bonds is 6. The minimum atomic E-state index is -3.54. The standard InChI is InChI=1S/C15H24N2O3S/c1-10-9-14(16)12(3)15(11(10)2)21(18,19)17(7-8-20-4)13-5-6-13/h9,13H,5-8,16H2,1-4H3. The van der Waals surface area contributed by atoms with Crippen LogP contribution in [0, 0.1) is 20.8 Å². The molecule has 1 saturated carbocycles. The predicted octanol–water partition coefficient (Wildman–Crippen LogP) is 1.99. The zero-order valence-corrected chi connectivity index (χ0v) is 14.0. The Morgan fingerprint density at radius 1 is 1.29 bits per heavy atom. The third-order valence-electron chi connectivity index (χ3n) is 4.11. The van der Waals surface area contributed by atoms with E-state index in [0.29, 0.717) is 29.3 Å². The fourth-order valence-electron chi connectivity index (χ4n) is 2.59. The lowest BCUT2D eigenvalue weighted by atomic mass is 10.1. The molecule has 0 spiro atoms.